The topological polar surface area (TPSA) is 35.5 Å². The second-order valence-electron chi connectivity index (χ2n) is 7.94. The molecule has 4 atom stereocenters. The molecule has 3 nitrogen and oxygen atoms in total. The molecule has 0 aliphatic heterocycles. The Balaban J connectivity index is 1.47. The maximum Gasteiger partial charge on any atom is 0.333 e. The summed E-state index contributed by atoms with van der Waals surface area (Å²) in [4.78, 5) is 11.5. The van der Waals surface area contributed by atoms with Crippen molar-refractivity contribution >= 4 is 5.97 Å². The van der Waals surface area contributed by atoms with Crippen molar-refractivity contribution in [3.05, 3.63) is 47.6 Å². The highest BCUT2D eigenvalue weighted by atomic mass is 16.5. The van der Waals surface area contributed by atoms with Gasteiger partial charge in [-0.05, 0) is 56.8 Å². The van der Waals surface area contributed by atoms with E-state index in [9.17, 15) is 4.79 Å². The van der Waals surface area contributed by atoms with Gasteiger partial charge in [0.1, 0.15) is 0 Å². The molecule has 1 saturated carbocycles. The average Bonchev–Trinajstić information content (AvgIpc) is 3.22. The Bertz CT molecular complexity index is 625. The third-order valence-electron chi connectivity index (χ3n) is 5.75. The number of fused-ring (bicyclic) bond motifs is 5. The lowest BCUT2D eigenvalue weighted by molar-refractivity contribution is -0.138. The molecule has 136 valence electrons. The molecule has 0 saturated heterocycles. The van der Waals surface area contributed by atoms with Crippen molar-refractivity contribution in [3.63, 3.8) is 0 Å². The summed E-state index contributed by atoms with van der Waals surface area (Å²) in [6.45, 7) is 13.1. The second-order valence-corrected chi connectivity index (χ2v) is 7.94. The van der Waals surface area contributed by atoms with Gasteiger partial charge in [-0.15, -0.1) is 0 Å². The van der Waals surface area contributed by atoms with Crippen molar-refractivity contribution in [2.75, 3.05) is 19.8 Å². The first-order valence-corrected chi connectivity index (χ1v) is 9.40. The summed E-state index contributed by atoms with van der Waals surface area (Å²) in [7, 11) is 0. The van der Waals surface area contributed by atoms with Crippen molar-refractivity contribution in [2.24, 2.45) is 23.7 Å². The van der Waals surface area contributed by atoms with Gasteiger partial charge in [-0.2, -0.15) is 0 Å². The van der Waals surface area contributed by atoms with Crippen LogP contribution in [0.1, 0.15) is 39.5 Å². The van der Waals surface area contributed by atoms with Crippen LogP contribution in [0.15, 0.2) is 47.6 Å². The maximum absolute atomic E-state index is 11.5. The van der Waals surface area contributed by atoms with Crippen LogP contribution in [0.2, 0.25) is 0 Å². The van der Waals surface area contributed by atoms with Gasteiger partial charge in [0.15, 0.2) is 0 Å². The zero-order chi connectivity index (χ0) is 18.0. The Kier molecular flexibility index (Phi) is 5.63. The smallest absolute Gasteiger partial charge is 0.333 e. The van der Waals surface area contributed by atoms with Crippen LogP contribution in [0.3, 0.4) is 0 Å². The van der Waals surface area contributed by atoms with Crippen molar-refractivity contribution in [1.82, 2.24) is 0 Å². The molecule has 0 radical (unpaired) electrons. The molecule has 0 aromatic rings. The number of rotatable bonds is 9. The molecule has 0 aromatic carbocycles. The minimum atomic E-state index is -0.278. The predicted molar refractivity (Wildman–Crippen MR) is 100 cm³/mol. The third-order valence-corrected chi connectivity index (χ3v) is 5.75. The molecule has 1 fully saturated rings. The van der Waals surface area contributed by atoms with Crippen molar-refractivity contribution < 1.29 is 14.3 Å². The number of hydrogen-bond acceptors (Lipinski definition) is 3. The third kappa shape index (κ3) is 4.14. The lowest BCUT2D eigenvalue weighted by Crippen LogP contribution is -2.18. The summed E-state index contributed by atoms with van der Waals surface area (Å²) in [5.74, 6) is 2.58. The molecule has 3 aliphatic carbocycles. The number of carbonyl (C=O) groups excluding carboxylic acids is 1. The minimum absolute atomic E-state index is 0.278. The van der Waals surface area contributed by atoms with E-state index >= 15 is 0 Å². The number of allylic oxidation sites excluding steroid dienone is 2. The summed E-state index contributed by atoms with van der Waals surface area (Å²) in [6, 6.07) is 0. The van der Waals surface area contributed by atoms with Gasteiger partial charge in [-0.25, -0.2) is 4.79 Å². The molecule has 4 unspecified atom stereocenters. The van der Waals surface area contributed by atoms with Gasteiger partial charge in [-0.3, -0.25) is 0 Å². The Morgan fingerprint density at radius 1 is 1.20 bits per heavy atom. The largest absolute Gasteiger partial charge is 0.462 e. The monoisotopic (exact) mass is 342 g/mol. The second kappa shape index (κ2) is 7.74. The number of hydrogen-bond donors (Lipinski definition) is 0. The fourth-order valence-corrected chi connectivity index (χ4v) is 4.66. The summed E-state index contributed by atoms with van der Waals surface area (Å²) in [5, 5.41) is 0. The Labute approximate surface area is 151 Å². The number of carbonyl (C=O) groups is 1. The molecular formula is C22H30O3. The standard InChI is InChI=1S/C22H30O3/c1-14(2)13-24-7-5-16-9-19-18-11-17(20(12-18)21(19)10-16)6-8-25-22(23)15(3)4/h10-11,18-21H,1,3,5-9,12-13H2,2,4H3. The molecule has 3 aliphatic rings. The fraction of sp³-hybridized carbons (Fsp3) is 0.591. The van der Waals surface area contributed by atoms with Gasteiger partial charge in [-0.1, -0.05) is 42.0 Å². The summed E-state index contributed by atoms with van der Waals surface area (Å²) < 4.78 is 10.9. The average molecular weight is 342 g/mol. The van der Waals surface area contributed by atoms with E-state index in [1.165, 1.54) is 18.4 Å². The van der Waals surface area contributed by atoms with E-state index in [0.717, 1.165) is 30.9 Å². The first-order valence-electron chi connectivity index (χ1n) is 9.40. The van der Waals surface area contributed by atoms with Crippen molar-refractivity contribution in [2.45, 2.75) is 39.5 Å². The van der Waals surface area contributed by atoms with Gasteiger partial charge >= 0.3 is 5.97 Å². The number of ether oxygens (including phenoxy) is 2. The van der Waals surface area contributed by atoms with Crippen molar-refractivity contribution in [1.29, 1.82) is 0 Å². The maximum atomic E-state index is 11.5. The molecule has 0 amide bonds. The van der Waals surface area contributed by atoms with E-state index < -0.39 is 0 Å². The first-order chi connectivity index (χ1) is 12.0. The van der Waals surface area contributed by atoms with Gasteiger partial charge in [0.05, 0.1) is 19.8 Å². The summed E-state index contributed by atoms with van der Waals surface area (Å²) in [6.07, 6.45) is 9.42. The highest BCUT2D eigenvalue weighted by Crippen LogP contribution is 2.58. The van der Waals surface area contributed by atoms with E-state index in [2.05, 4.69) is 25.3 Å². The van der Waals surface area contributed by atoms with Crippen LogP contribution in [0.5, 0.6) is 0 Å². The predicted octanol–water partition coefficient (Wildman–Crippen LogP) is 4.62. The molecule has 0 heterocycles. The van der Waals surface area contributed by atoms with Crippen LogP contribution < -0.4 is 0 Å². The highest BCUT2D eigenvalue weighted by molar-refractivity contribution is 5.86. The molecule has 3 rings (SSSR count). The SMILES string of the molecule is C=C(C)COCCC1=CC2C3CC(C=C3CCOC(=O)C(=C)C)C2C1. The van der Waals surface area contributed by atoms with Gasteiger partial charge in [0.2, 0.25) is 0 Å². The van der Waals surface area contributed by atoms with E-state index in [-0.39, 0.29) is 5.97 Å². The van der Waals surface area contributed by atoms with Crippen LogP contribution in [0.4, 0.5) is 0 Å². The van der Waals surface area contributed by atoms with E-state index in [4.69, 9.17) is 9.47 Å². The lowest BCUT2D eigenvalue weighted by Gasteiger charge is -2.24. The highest BCUT2D eigenvalue weighted by Gasteiger charge is 2.49. The molecule has 3 heteroatoms. The zero-order valence-corrected chi connectivity index (χ0v) is 15.6. The minimum Gasteiger partial charge on any atom is -0.462 e. The van der Waals surface area contributed by atoms with Crippen LogP contribution in [-0.2, 0) is 14.3 Å². The molecule has 0 aromatic heterocycles. The fourth-order valence-electron chi connectivity index (χ4n) is 4.66. The Morgan fingerprint density at radius 3 is 2.72 bits per heavy atom. The number of esters is 1. The quantitative estimate of drug-likeness (QED) is 0.265. The van der Waals surface area contributed by atoms with Gasteiger partial charge < -0.3 is 9.47 Å². The normalized spacial score (nSPS) is 29.2. The van der Waals surface area contributed by atoms with Crippen molar-refractivity contribution in [3.8, 4) is 0 Å². The van der Waals surface area contributed by atoms with E-state index in [1.54, 1.807) is 12.5 Å². The zero-order valence-electron chi connectivity index (χ0n) is 15.6. The molecule has 2 bridgehead atoms. The van der Waals surface area contributed by atoms with Crippen LogP contribution in [-0.4, -0.2) is 25.8 Å². The van der Waals surface area contributed by atoms with Gasteiger partial charge in [0.25, 0.3) is 0 Å². The van der Waals surface area contributed by atoms with Crippen LogP contribution >= 0.6 is 0 Å². The van der Waals surface area contributed by atoms with Gasteiger partial charge in [0, 0.05) is 12.0 Å². The van der Waals surface area contributed by atoms with E-state index in [1.807, 2.05) is 6.92 Å². The van der Waals surface area contributed by atoms with E-state index in [0.29, 0.717) is 36.5 Å². The molecule has 0 N–H and O–H groups in total. The summed E-state index contributed by atoms with van der Waals surface area (Å²) >= 11 is 0. The van der Waals surface area contributed by atoms with Crippen LogP contribution in [0, 0.1) is 23.7 Å². The summed E-state index contributed by atoms with van der Waals surface area (Å²) in [5.41, 5.74) is 4.61. The first kappa shape index (κ1) is 18.2. The van der Waals surface area contributed by atoms with Crippen LogP contribution in [0.25, 0.3) is 0 Å². The lowest BCUT2D eigenvalue weighted by atomic mass is 9.81. The Hall–Kier alpha value is -1.61. The Morgan fingerprint density at radius 2 is 2.00 bits per heavy atom. The molecule has 25 heavy (non-hydrogen) atoms. The molecular weight excluding hydrogens is 312 g/mol. The molecule has 0 spiro atoms.